The molecule has 124 valence electrons. The number of nitrogens with one attached hydrogen (secondary N) is 1. The Kier molecular flexibility index (Phi) is 4.43. The van der Waals surface area contributed by atoms with Crippen LogP contribution in [-0.2, 0) is 19.4 Å². The van der Waals surface area contributed by atoms with E-state index in [2.05, 4.69) is 5.32 Å². The highest BCUT2D eigenvalue weighted by Gasteiger charge is 2.40. The summed E-state index contributed by atoms with van der Waals surface area (Å²) in [4.78, 5) is 26.6. The van der Waals surface area contributed by atoms with E-state index in [1.807, 2.05) is 0 Å². The largest absolute Gasteiger partial charge is 0.352 e. The van der Waals surface area contributed by atoms with Gasteiger partial charge in [0.2, 0.25) is 11.8 Å². The molecule has 2 heterocycles. The molecule has 0 spiro atoms. The minimum atomic E-state index is -2.92. The highest BCUT2D eigenvalue weighted by atomic mass is 32.2. The summed E-state index contributed by atoms with van der Waals surface area (Å²) in [6.07, 6.45) is 5.51. The summed E-state index contributed by atoms with van der Waals surface area (Å²) in [6, 6.07) is -0.434. The monoisotopic (exact) mass is 328 g/mol. The van der Waals surface area contributed by atoms with Gasteiger partial charge in [-0.25, -0.2) is 8.42 Å². The molecule has 2 saturated heterocycles. The zero-order valence-electron chi connectivity index (χ0n) is 12.8. The van der Waals surface area contributed by atoms with Crippen LogP contribution in [0.4, 0.5) is 0 Å². The summed E-state index contributed by atoms with van der Waals surface area (Å²) < 4.78 is 22.9. The molecule has 1 N–H and O–H groups in total. The van der Waals surface area contributed by atoms with Crippen molar-refractivity contribution >= 4 is 21.7 Å². The van der Waals surface area contributed by atoms with Crippen LogP contribution in [0.5, 0.6) is 0 Å². The van der Waals surface area contributed by atoms with Crippen LogP contribution in [0.1, 0.15) is 44.9 Å². The van der Waals surface area contributed by atoms with Crippen molar-refractivity contribution in [3.63, 3.8) is 0 Å². The summed E-state index contributed by atoms with van der Waals surface area (Å²) in [5, 5.41) is 2.97. The fourth-order valence-corrected chi connectivity index (χ4v) is 4.86. The molecule has 1 atom stereocenters. The Morgan fingerprint density at radius 3 is 2.27 bits per heavy atom. The third-order valence-electron chi connectivity index (χ3n) is 4.92. The Hall–Kier alpha value is -1.11. The topological polar surface area (TPSA) is 83.6 Å². The maximum absolute atomic E-state index is 12.5. The van der Waals surface area contributed by atoms with Gasteiger partial charge in [-0.05, 0) is 44.9 Å². The lowest BCUT2D eigenvalue weighted by Gasteiger charge is -2.36. The first kappa shape index (κ1) is 15.8. The molecule has 3 rings (SSSR count). The first-order chi connectivity index (χ1) is 10.5. The molecule has 6 nitrogen and oxygen atoms in total. The highest BCUT2D eigenvalue weighted by molar-refractivity contribution is 7.91. The maximum Gasteiger partial charge on any atom is 0.243 e. The van der Waals surface area contributed by atoms with Crippen LogP contribution in [0.25, 0.3) is 0 Å². The Labute approximate surface area is 131 Å². The zero-order valence-corrected chi connectivity index (χ0v) is 13.6. The van der Waals surface area contributed by atoms with Gasteiger partial charge in [0.15, 0.2) is 0 Å². The molecule has 22 heavy (non-hydrogen) atoms. The second-order valence-electron chi connectivity index (χ2n) is 6.75. The third-order valence-corrected chi connectivity index (χ3v) is 6.63. The fraction of sp³-hybridized carbons (Fsp3) is 0.867. The van der Waals surface area contributed by atoms with Crippen LogP contribution < -0.4 is 5.32 Å². The number of carbonyl (C=O) groups excluding carboxylic acids is 2. The molecule has 7 heteroatoms. The van der Waals surface area contributed by atoms with Gasteiger partial charge in [0.25, 0.3) is 0 Å². The number of piperidine rings is 1. The van der Waals surface area contributed by atoms with Crippen LogP contribution in [-0.4, -0.2) is 55.3 Å². The fourth-order valence-electron chi connectivity index (χ4n) is 3.36. The summed E-state index contributed by atoms with van der Waals surface area (Å²) in [6.45, 7) is 0.673. The molecular weight excluding hydrogens is 304 g/mol. The second kappa shape index (κ2) is 6.18. The van der Waals surface area contributed by atoms with Gasteiger partial charge < -0.3 is 10.2 Å². The van der Waals surface area contributed by atoms with E-state index >= 15 is 0 Å². The quantitative estimate of drug-likeness (QED) is 0.816. The van der Waals surface area contributed by atoms with Gasteiger partial charge in [-0.2, -0.15) is 0 Å². The number of rotatable bonds is 3. The van der Waals surface area contributed by atoms with Crippen molar-refractivity contribution in [2.24, 2.45) is 5.92 Å². The molecular formula is C15H24N2O4S. The minimum absolute atomic E-state index is 0.0733. The maximum atomic E-state index is 12.5. The van der Waals surface area contributed by atoms with Crippen LogP contribution in [0, 0.1) is 5.92 Å². The molecule has 1 aliphatic carbocycles. The Balaban J connectivity index is 1.58. The van der Waals surface area contributed by atoms with Gasteiger partial charge in [0.05, 0.1) is 11.5 Å². The molecule has 0 unspecified atom stereocenters. The molecule has 3 aliphatic rings. The van der Waals surface area contributed by atoms with Gasteiger partial charge in [0, 0.05) is 18.5 Å². The molecule has 1 saturated carbocycles. The van der Waals surface area contributed by atoms with Gasteiger partial charge in [0.1, 0.15) is 15.9 Å². The minimum Gasteiger partial charge on any atom is -0.352 e. The van der Waals surface area contributed by atoms with Crippen molar-refractivity contribution < 1.29 is 18.0 Å². The molecule has 2 aliphatic heterocycles. The van der Waals surface area contributed by atoms with E-state index < -0.39 is 9.84 Å². The number of sulfone groups is 1. The van der Waals surface area contributed by atoms with Crippen molar-refractivity contribution in [2.75, 3.05) is 18.1 Å². The van der Waals surface area contributed by atoms with E-state index in [1.165, 1.54) is 0 Å². The molecule has 2 amide bonds. The second-order valence-corrected chi connectivity index (χ2v) is 9.06. The predicted molar refractivity (Wildman–Crippen MR) is 81.9 cm³/mol. The summed E-state index contributed by atoms with van der Waals surface area (Å²) >= 11 is 0. The normalized spacial score (nSPS) is 29.1. The van der Waals surface area contributed by atoms with Crippen molar-refractivity contribution in [1.29, 1.82) is 0 Å². The highest BCUT2D eigenvalue weighted by Crippen LogP contribution is 2.33. The Bertz CT molecular complexity index is 542. The van der Waals surface area contributed by atoms with Crippen molar-refractivity contribution in [2.45, 2.75) is 57.0 Å². The molecule has 0 aromatic carbocycles. The lowest BCUT2D eigenvalue weighted by molar-refractivity contribution is -0.143. The SMILES string of the molecule is O=C(NC1CCS(=O)(=O)CC1)[C@H]1CCCCN1C(=O)C1CC1. The number of amides is 2. The number of hydrogen-bond acceptors (Lipinski definition) is 4. The van der Waals surface area contributed by atoms with Crippen LogP contribution in [0.3, 0.4) is 0 Å². The van der Waals surface area contributed by atoms with E-state index in [0.29, 0.717) is 19.4 Å². The molecule has 3 fully saturated rings. The van der Waals surface area contributed by atoms with Gasteiger partial charge in [-0.3, -0.25) is 9.59 Å². The number of likely N-dealkylation sites (tertiary alicyclic amines) is 1. The van der Waals surface area contributed by atoms with Gasteiger partial charge in [-0.1, -0.05) is 0 Å². The average molecular weight is 328 g/mol. The van der Waals surface area contributed by atoms with E-state index in [0.717, 1.165) is 32.1 Å². The summed E-state index contributed by atoms with van der Waals surface area (Å²) in [7, 11) is -2.92. The van der Waals surface area contributed by atoms with E-state index in [4.69, 9.17) is 0 Å². The van der Waals surface area contributed by atoms with E-state index in [9.17, 15) is 18.0 Å². The first-order valence-corrected chi connectivity index (χ1v) is 10.1. The number of carbonyl (C=O) groups is 2. The van der Waals surface area contributed by atoms with Crippen LogP contribution in [0.2, 0.25) is 0 Å². The van der Waals surface area contributed by atoms with Gasteiger partial charge in [-0.15, -0.1) is 0 Å². The first-order valence-electron chi connectivity index (χ1n) is 8.27. The molecule has 0 radical (unpaired) electrons. The summed E-state index contributed by atoms with van der Waals surface area (Å²) in [5.41, 5.74) is 0. The molecule has 0 bridgehead atoms. The van der Waals surface area contributed by atoms with Crippen LogP contribution >= 0.6 is 0 Å². The average Bonchev–Trinajstić information content (AvgIpc) is 3.33. The molecule has 0 aromatic heterocycles. The van der Waals surface area contributed by atoms with E-state index in [-0.39, 0.29) is 41.3 Å². The Morgan fingerprint density at radius 2 is 1.64 bits per heavy atom. The molecule has 0 aromatic rings. The number of hydrogen-bond donors (Lipinski definition) is 1. The van der Waals surface area contributed by atoms with Crippen molar-refractivity contribution in [3.05, 3.63) is 0 Å². The smallest absolute Gasteiger partial charge is 0.243 e. The third kappa shape index (κ3) is 3.62. The Morgan fingerprint density at radius 1 is 0.955 bits per heavy atom. The van der Waals surface area contributed by atoms with Crippen molar-refractivity contribution in [3.8, 4) is 0 Å². The number of nitrogens with zero attached hydrogens (tertiary/aromatic N) is 1. The standard InChI is InChI=1S/C15H24N2O4S/c18-14(16-12-6-9-22(20,21)10-7-12)13-3-1-2-8-17(13)15(19)11-4-5-11/h11-13H,1-10H2,(H,16,18)/t13-/m1/s1. The zero-order chi connectivity index (χ0) is 15.7. The van der Waals surface area contributed by atoms with Crippen molar-refractivity contribution in [1.82, 2.24) is 10.2 Å². The van der Waals surface area contributed by atoms with Crippen LogP contribution in [0.15, 0.2) is 0 Å². The summed E-state index contributed by atoms with van der Waals surface area (Å²) in [5.74, 6) is 0.456. The van der Waals surface area contributed by atoms with Gasteiger partial charge >= 0.3 is 0 Å². The van der Waals surface area contributed by atoms with E-state index in [1.54, 1.807) is 4.90 Å². The lowest BCUT2D eigenvalue weighted by Crippen LogP contribution is -2.54. The lowest BCUT2D eigenvalue weighted by atomic mass is 10.00. The predicted octanol–water partition coefficient (Wildman–Crippen LogP) is 0.471.